The third-order valence-electron chi connectivity index (χ3n) is 3.25. The number of pyridine rings is 1. The standard InChI is InChI=1S/C17H16N4O2/c18-21-15-10-9-12-5-4-8-14(17(12)20-15)23-11-16(22)19-13-6-2-1-3-7-13/h1-10H,11,18H2,(H,19,22)(H,20,21). The van der Waals surface area contributed by atoms with E-state index in [0.29, 0.717) is 17.1 Å². The normalized spacial score (nSPS) is 10.3. The van der Waals surface area contributed by atoms with Gasteiger partial charge in [0.2, 0.25) is 0 Å². The van der Waals surface area contributed by atoms with Crippen LogP contribution < -0.4 is 21.3 Å². The lowest BCUT2D eigenvalue weighted by Gasteiger charge is -2.10. The molecule has 0 unspecified atom stereocenters. The van der Waals surface area contributed by atoms with Gasteiger partial charge in [0.1, 0.15) is 17.1 Å². The number of nitrogens with zero attached hydrogens (tertiary/aromatic N) is 1. The van der Waals surface area contributed by atoms with E-state index >= 15 is 0 Å². The number of hydrogen-bond acceptors (Lipinski definition) is 5. The highest BCUT2D eigenvalue weighted by atomic mass is 16.5. The number of hydrogen-bond donors (Lipinski definition) is 3. The number of benzene rings is 2. The minimum absolute atomic E-state index is 0.101. The first-order valence-corrected chi connectivity index (χ1v) is 7.10. The van der Waals surface area contributed by atoms with Crippen molar-refractivity contribution >= 4 is 28.3 Å². The summed E-state index contributed by atoms with van der Waals surface area (Å²) in [5, 5.41) is 3.67. The molecule has 1 heterocycles. The number of nitrogens with one attached hydrogen (secondary N) is 2. The van der Waals surface area contributed by atoms with Gasteiger partial charge < -0.3 is 15.5 Å². The molecule has 1 aromatic heterocycles. The van der Waals surface area contributed by atoms with Crippen molar-refractivity contribution in [3.8, 4) is 5.75 Å². The van der Waals surface area contributed by atoms with E-state index in [2.05, 4.69) is 15.7 Å². The number of nitrogen functional groups attached to an aromatic ring is 1. The topological polar surface area (TPSA) is 89.3 Å². The molecule has 23 heavy (non-hydrogen) atoms. The Morgan fingerprint density at radius 3 is 2.65 bits per heavy atom. The fourth-order valence-electron chi connectivity index (χ4n) is 2.18. The molecule has 0 aliphatic heterocycles. The Morgan fingerprint density at radius 1 is 1.04 bits per heavy atom. The quantitative estimate of drug-likeness (QED) is 0.498. The third kappa shape index (κ3) is 3.56. The van der Waals surface area contributed by atoms with Crippen LogP contribution in [0.2, 0.25) is 0 Å². The van der Waals surface area contributed by atoms with E-state index in [4.69, 9.17) is 10.6 Å². The number of rotatable bonds is 5. The Balaban J connectivity index is 1.72. The van der Waals surface area contributed by atoms with Gasteiger partial charge in [0.15, 0.2) is 6.61 Å². The van der Waals surface area contributed by atoms with E-state index in [-0.39, 0.29) is 12.5 Å². The molecule has 116 valence electrons. The number of anilines is 2. The predicted octanol–water partition coefficient (Wildman–Crippen LogP) is 2.54. The van der Waals surface area contributed by atoms with E-state index in [1.807, 2.05) is 48.5 Å². The Morgan fingerprint density at radius 2 is 1.87 bits per heavy atom. The fraction of sp³-hybridized carbons (Fsp3) is 0.0588. The van der Waals surface area contributed by atoms with Crippen LogP contribution in [0.4, 0.5) is 11.5 Å². The zero-order valence-corrected chi connectivity index (χ0v) is 12.3. The number of aromatic nitrogens is 1. The largest absolute Gasteiger partial charge is 0.481 e. The van der Waals surface area contributed by atoms with Gasteiger partial charge in [-0.1, -0.05) is 30.3 Å². The number of hydrazine groups is 1. The lowest BCUT2D eigenvalue weighted by molar-refractivity contribution is -0.118. The number of para-hydroxylation sites is 2. The first kappa shape index (κ1) is 14.8. The van der Waals surface area contributed by atoms with Gasteiger partial charge in [0, 0.05) is 11.1 Å². The van der Waals surface area contributed by atoms with E-state index in [0.717, 1.165) is 11.1 Å². The molecule has 0 saturated heterocycles. The summed E-state index contributed by atoms with van der Waals surface area (Å²) in [7, 11) is 0. The first-order valence-electron chi connectivity index (χ1n) is 7.10. The second-order valence-electron chi connectivity index (χ2n) is 4.87. The molecular weight excluding hydrogens is 292 g/mol. The molecule has 4 N–H and O–H groups in total. The van der Waals surface area contributed by atoms with Crippen LogP contribution in [0, 0.1) is 0 Å². The summed E-state index contributed by atoms with van der Waals surface area (Å²) < 4.78 is 5.61. The molecule has 6 nitrogen and oxygen atoms in total. The Kier molecular flexibility index (Phi) is 4.35. The summed E-state index contributed by atoms with van der Waals surface area (Å²) >= 11 is 0. The molecule has 0 radical (unpaired) electrons. The Bertz CT molecular complexity index is 821. The van der Waals surface area contributed by atoms with Crippen LogP contribution in [0.15, 0.2) is 60.7 Å². The average Bonchev–Trinajstić information content (AvgIpc) is 2.60. The number of fused-ring (bicyclic) bond motifs is 1. The van der Waals surface area contributed by atoms with Gasteiger partial charge in [-0.2, -0.15) is 0 Å². The van der Waals surface area contributed by atoms with Crippen molar-refractivity contribution in [3.05, 3.63) is 60.7 Å². The molecule has 0 spiro atoms. The van der Waals surface area contributed by atoms with E-state index in [1.54, 1.807) is 12.1 Å². The third-order valence-corrected chi connectivity index (χ3v) is 3.25. The van der Waals surface area contributed by atoms with Crippen molar-refractivity contribution in [3.63, 3.8) is 0 Å². The van der Waals surface area contributed by atoms with Crippen LogP contribution in [-0.2, 0) is 4.79 Å². The van der Waals surface area contributed by atoms with Gasteiger partial charge >= 0.3 is 0 Å². The minimum Gasteiger partial charge on any atom is -0.481 e. The number of carbonyl (C=O) groups is 1. The summed E-state index contributed by atoms with van der Waals surface area (Å²) in [6, 6.07) is 18.4. The zero-order valence-electron chi connectivity index (χ0n) is 12.3. The molecule has 0 aliphatic carbocycles. The molecule has 6 heteroatoms. The van der Waals surface area contributed by atoms with Gasteiger partial charge in [-0.05, 0) is 30.3 Å². The summed E-state index contributed by atoms with van der Waals surface area (Å²) in [5.74, 6) is 6.21. The smallest absolute Gasteiger partial charge is 0.262 e. The monoisotopic (exact) mass is 308 g/mol. The van der Waals surface area contributed by atoms with Crippen LogP contribution in [0.5, 0.6) is 5.75 Å². The van der Waals surface area contributed by atoms with Crippen LogP contribution in [0.1, 0.15) is 0 Å². The number of nitrogens with two attached hydrogens (primary N) is 1. The molecule has 3 aromatic rings. The summed E-state index contributed by atoms with van der Waals surface area (Å²) in [6.07, 6.45) is 0. The van der Waals surface area contributed by atoms with Crippen molar-refractivity contribution in [2.45, 2.75) is 0 Å². The predicted molar refractivity (Wildman–Crippen MR) is 90.1 cm³/mol. The van der Waals surface area contributed by atoms with Crippen LogP contribution in [-0.4, -0.2) is 17.5 Å². The molecule has 1 amide bonds. The molecule has 0 saturated carbocycles. The second-order valence-corrected chi connectivity index (χ2v) is 4.87. The summed E-state index contributed by atoms with van der Waals surface area (Å²) in [5.41, 5.74) is 3.87. The molecule has 0 aliphatic rings. The van der Waals surface area contributed by atoms with Gasteiger partial charge in [-0.3, -0.25) is 4.79 Å². The number of carbonyl (C=O) groups excluding carboxylic acids is 1. The molecular formula is C17H16N4O2. The summed E-state index contributed by atoms with van der Waals surface area (Å²) in [4.78, 5) is 16.3. The number of amides is 1. The van der Waals surface area contributed by atoms with Crippen molar-refractivity contribution in [1.29, 1.82) is 0 Å². The van der Waals surface area contributed by atoms with Crippen molar-refractivity contribution in [2.75, 3.05) is 17.3 Å². The van der Waals surface area contributed by atoms with Gasteiger partial charge in [0.25, 0.3) is 5.91 Å². The maximum Gasteiger partial charge on any atom is 0.262 e. The maximum absolute atomic E-state index is 12.0. The van der Waals surface area contributed by atoms with E-state index < -0.39 is 0 Å². The van der Waals surface area contributed by atoms with Gasteiger partial charge in [0.05, 0.1) is 0 Å². The Labute approximate surface area is 133 Å². The zero-order chi connectivity index (χ0) is 16.1. The first-order chi connectivity index (χ1) is 11.3. The molecule has 3 rings (SSSR count). The SMILES string of the molecule is NNc1ccc2cccc(OCC(=O)Nc3ccccc3)c2n1. The molecule has 0 fully saturated rings. The summed E-state index contributed by atoms with van der Waals surface area (Å²) in [6.45, 7) is -0.101. The van der Waals surface area contributed by atoms with E-state index in [1.165, 1.54) is 0 Å². The lowest BCUT2D eigenvalue weighted by atomic mass is 10.2. The molecule has 0 bridgehead atoms. The molecule has 2 aromatic carbocycles. The lowest BCUT2D eigenvalue weighted by Crippen LogP contribution is -2.20. The maximum atomic E-state index is 12.0. The highest BCUT2D eigenvalue weighted by molar-refractivity contribution is 5.92. The van der Waals surface area contributed by atoms with E-state index in [9.17, 15) is 4.79 Å². The molecule has 0 atom stereocenters. The van der Waals surface area contributed by atoms with Crippen molar-refractivity contribution in [2.24, 2.45) is 5.84 Å². The van der Waals surface area contributed by atoms with Crippen molar-refractivity contribution < 1.29 is 9.53 Å². The van der Waals surface area contributed by atoms with Crippen molar-refractivity contribution in [1.82, 2.24) is 4.98 Å². The van der Waals surface area contributed by atoms with Crippen LogP contribution in [0.25, 0.3) is 10.9 Å². The Hall–Kier alpha value is -3.12. The van der Waals surface area contributed by atoms with Gasteiger partial charge in [-0.15, -0.1) is 0 Å². The fourth-order valence-corrected chi connectivity index (χ4v) is 2.18. The second kappa shape index (κ2) is 6.76. The van der Waals surface area contributed by atoms with Crippen LogP contribution in [0.3, 0.4) is 0 Å². The average molecular weight is 308 g/mol. The highest BCUT2D eigenvalue weighted by Gasteiger charge is 2.08. The number of ether oxygens (including phenoxy) is 1. The van der Waals surface area contributed by atoms with Gasteiger partial charge in [-0.25, -0.2) is 10.8 Å². The minimum atomic E-state index is -0.235. The van der Waals surface area contributed by atoms with Crippen LogP contribution >= 0.6 is 0 Å². The highest BCUT2D eigenvalue weighted by Crippen LogP contribution is 2.25.